The Morgan fingerprint density at radius 3 is 2.27 bits per heavy atom. The number of hydrogen-bond acceptors (Lipinski definition) is 6. The Morgan fingerprint density at radius 2 is 1.82 bits per heavy atom. The van der Waals surface area contributed by atoms with Crippen molar-refractivity contribution in [2.45, 2.75) is 53.5 Å². The van der Waals surface area contributed by atoms with Crippen LogP contribution in [-0.4, -0.2) is 21.7 Å². The summed E-state index contributed by atoms with van der Waals surface area (Å²) in [6.45, 7) is 9.19. The molecule has 0 aromatic carbocycles. The van der Waals surface area contributed by atoms with Crippen LogP contribution in [0, 0.1) is 6.92 Å². The molecule has 0 radical (unpaired) electrons. The van der Waals surface area contributed by atoms with Crippen LogP contribution in [0.25, 0.3) is 0 Å². The van der Waals surface area contributed by atoms with Crippen LogP contribution in [-0.2, 0) is 19.1 Å². The fourth-order valence-corrected chi connectivity index (χ4v) is 1.60. The van der Waals surface area contributed by atoms with Crippen LogP contribution < -0.4 is 5.32 Å². The van der Waals surface area contributed by atoms with E-state index in [0.717, 1.165) is 5.69 Å². The molecule has 0 unspecified atom stereocenters. The highest BCUT2D eigenvalue weighted by Crippen LogP contribution is 2.16. The molecule has 1 aromatic rings. The van der Waals surface area contributed by atoms with Crippen molar-refractivity contribution in [3.05, 3.63) is 23.9 Å². The monoisotopic (exact) mass is 309 g/mol. The molecule has 0 aliphatic heterocycles. The lowest BCUT2D eigenvalue weighted by Gasteiger charge is -2.12. The fourth-order valence-electron chi connectivity index (χ4n) is 1.60. The summed E-state index contributed by atoms with van der Waals surface area (Å²) in [5.41, 5.74) is 0.849. The van der Waals surface area contributed by atoms with Gasteiger partial charge in [-0.25, -0.2) is 4.68 Å². The summed E-state index contributed by atoms with van der Waals surface area (Å²) < 4.78 is 11.8. The zero-order chi connectivity index (χ0) is 16.7. The van der Waals surface area contributed by atoms with Crippen molar-refractivity contribution in [3.63, 3.8) is 0 Å². The lowest BCUT2D eigenvalue weighted by Crippen LogP contribution is -2.12. The summed E-state index contributed by atoms with van der Waals surface area (Å²) in [5, 5.41) is 7.31. The minimum Gasteiger partial charge on any atom is -0.391 e. The topological polar surface area (TPSA) is 82.4 Å². The molecule has 1 heterocycles. The number of hydrogen-bond donors (Lipinski definition) is 1. The number of aromatic nitrogens is 2. The Labute approximate surface area is 130 Å². The molecule has 0 atom stereocenters. The molecule has 1 N–H and O–H groups in total. The molecular weight excluding hydrogens is 286 g/mol. The highest BCUT2D eigenvalue weighted by molar-refractivity contribution is 5.72. The van der Waals surface area contributed by atoms with Crippen LogP contribution in [0.2, 0.25) is 0 Å². The van der Waals surface area contributed by atoms with Gasteiger partial charge >= 0.3 is 17.9 Å². The van der Waals surface area contributed by atoms with Crippen LogP contribution >= 0.6 is 0 Å². The first-order chi connectivity index (χ1) is 10.4. The molecule has 1 rings (SSSR count). The summed E-state index contributed by atoms with van der Waals surface area (Å²) in [4.78, 5) is 22.8. The van der Waals surface area contributed by atoms with E-state index in [-0.39, 0.29) is 24.8 Å². The van der Waals surface area contributed by atoms with Crippen molar-refractivity contribution in [1.29, 1.82) is 0 Å². The highest BCUT2D eigenvalue weighted by atomic mass is 16.7. The van der Waals surface area contributed by atoms with Gasteiger partial charge in [-0.05, 0) is 20.8 Å². The molecule has 0 saturated heterocycles. The van der Waals surface area contributed by atoms with E-state index in [4.69, 9.17) is 9.47 Å². The van der Waals surface area contributed by atoms with Crippen molar-refractivity contribution in [3.8, 4) is 0 Å². The normalized spacial score (nSPS) is 10.3. The van der Waals surface area contributed by atoms with Crippen molar-refractivity contribution in [2.24, 2.45) is 0 Å². The maximum atomic E-state index is 11.4. The van der Waals surface area contributed by atoms with E-state index in [1.54, 1.807) is 18.5 Å². The van der Waals surface area contributed by atoms with Gasteiger partial charge in [-0.3, -0.25) is 9.59 Å². The number of ether oxygens (including phenoxy) is 2. The Morgan fingerprint density at radius 1 is 1.27 bits per heavy atom. The third-order valence-electron chi connectivity index (χ3n) is 2.69. The quantitative estimate of drug-likeness (QED) is 0.616. The molecule has 22 heavy (non-hydrogen) atoms. The van der Waals surface area contributed by atoms with Gasteiger partial charge in [0.05, 0.1) is 11.9 Å². The first-order valence-corrected chi connectivity index (χ1v) is 7.31. The second-order valence-corrected chi connectivity index (χ2v) is 4.97. The van der Waals surface area contributed by atoms with Gasteiger partial charge in [-0.15, -0.1) is 0 Å². The van der Waals surface area contributed by atoms with Crippen molar-refractivity contribution >= 4 is 17.8 Å². The van der Waals surface area contributed by atoms with E-state index in [2.05, 4.69) is 10.4 Å². The molecule has 0 bridgehead atoms. The molecule has 0 spiro atoms. The number of carbonyl (C=O) groups excluding carboxylic acids is 2. The van der Waals surface area contributed by atoms with Gasteiger partial charge < -0.3 is 14.8 Å². The molecule has 0 fully saturated rings. The minimum absolute atomic E-state index is 0.157. The summed E-state index contributed by atoms with van der Waals surface area (Å²) in [5.74, 6) is -0.422. The molecule has 122 valence electrons. The van der Waals surface area contributed by atoms with Crippen LogP contribution in [0.5, 0.6) is 0 Å². The summed E-state index contributed by atoms with van der Waals surface area (Å²) >= 11 is 0. The molecule has 0 aliphatic rings. The summed E-state index contributed by atoms with van der Waals surface area (Å²) in [6.07, 6.45) is 1.71. The van der Waals surface area contributed by atoms with Crippen LogP contribution in [0.3, 0.4) is 0 Å². The van der Waals surface area contributed by atoms with Crippen LogP contribution in [0.1, 0.15) is 52.3 Å². The second-order valence-electron chi connectivity index (χ2n) is 4.97. The fraction of sp³-hybridized carbons (Fsp3) is 0.533. The Balaban J connectivity index is 2.92. The maximum Gasteiger partial charge on any atom is 0.313 e. The van der Waals surface area contributed by atoms with Gasteiger partial charge in [-0.2, -0.15) is 5.10 Å². The number of rotatable bonds is 7. The first kappa shape index (κ1) is 17.7. The largest absolute Gasteiger partial charge is 0.391 e. The van der Waals surface area contributed by atoms with Crippen molar-refractivity contribution in [2.75, 3.05) is 5.32 Å². The maximum absolute atomic E-state index is 11.4. The zero-order valence-electron chi connectivity index (χ0n) is 13.7. The minimum atomic E-state index is -0.481. The predicted octanol–water partition coefficient (Wildman–Crippen LogP) is 2.89. The standard InChI is InChI=1S/C15H23N3O4/c1-6-13(19)21-15(22-14(20)7-2)9-16-12-8-11(5)17-18(12)10(3)4/h8-10,16H,6-7H2,1-5H3. The number of anilines is 1. The Hall–Kier alpha value is -2.31. The second kappa shape index (κ2) is 8.21. The first-order valence-electron chi connectivity index (χ1n) is 7.31. The number of nitrogens with zero attached hydrogens (tertiary/aromatic N) is 2. The van der Waals surface area contributed by atoms with Gasteiger partial charge in [0.25, 0.3) is 0 Å². The van der Waals surface area contributed by atoms with Gasteiger partial charge in [0, 0.05) is 24.9 Å². The molecule has 7 heteroatoms. The molecule has 0 aliphatic carbocycles. The predicted molar refractivity (Wildman–Crippen MR) is 81.8 cm³/mol. The van der Waals surface area contributed by atoms with Crippen molar-refractivity contribution in [1.82, 2.24) is 9.78 Å². The smallest absolute Gasteiger partial charge is 0.313 e. The average Bonchev–Trinajstić information content (AvgIpc) is 2.85. The third-order valence-corrected chi connectivity index (χ3v) is 2.69. The van der Waals surface area contributed by atoms with Crippen molar-refractivity contribution < 1.29 is 19.1 Å². The van der Waals surface area contributed by atoms with E-state index in [1.807, 2.05) is 26.8 Å². The number of carbonyl (C=O) groups is 2. The number of nitrogens with one attached hydrogen (secondary N) is 1. The van der Waals surface area contributed by atoms with Crippen LogP contribution in [0.15, 0.2) is 18.2 Å². The molecule has 0 amide bonds. The van der Waals surface area contributed by atoms with Gasteiger partial charge in [-0.1, -0.05) is 13.8 Å². The number of aryl methyl sites for hydroxylation is 1. The van der Waals surface area contributed by atoms with E-state index < -0.39 is 11.9 Å². The van der Waals surface area contributed by atoms with E-state index in [9.17, 15) is 9.59 Å². The molecular formula is C15H23N3O4. The lowest BCUT2D eigenvalue weighted by atomic mass is 10.4. The van der Waals surface area contributed by atoms with E-state index in [1.165, 1.54) is 6.20 Å². The van der Waals surface area contributed by atoms with Crippen LogP contribution in [0.4, 0.5) is 5.82 Å². The lowest BCUT2D eigenvalue weighted by molar-refractivity contribution is -0.153. The van der Waals surface area contributed by atoms with Gasteiger partial charge in [0.1, 0.15) is 5.82 Å². The summed E-state index contributed by atoms with van der Waals surface area (Å²) in [6, 6.07) is 2.00. The zero-order valence-corrected chi connectivity index (χ0v) is 13.7. The molecule has 1 aromatic heterocycles. The highest BCUT2D eigenvalue weighted by Gasteiger charge is 2.12. The molecule has 7 nitrogen and oxygen atoms in total. The SMILES string of the molecule is CCC(=O)OC(=CNc1cc(C)nn1C(C)C)OC(=O)CC. The summed E-state index contributed by atoms with van der Waals surface area (Å²) in [7, 11) is 0. The number of esters is 2. The van der Waals surface area contributed by atoms with E-state index >= 15 is 0 Å². The van der Waals surface area contributed by atoms with Gasteiger partial charge in [0.15, 0.2) is 0 Å². The van der Waals surface area contributed by atoms with Gasteiger partial charge in [0.2, 0.25) is 0 Å². The average molecular weight is 309 g/mol. The Bertz CT molecular complexity index is 541. The Kier molecular flexibility index (Phi) is 6.62. The third kappa shape index (κ3) is 5.23. The van der Waals surface area contributed by atoms with E-state index in [0.29, 0.717) is 5.82 Å². The molecule has 0 saturated carbocycles.